The Bertz CT molecular complexity index is 573. The van der Waals surface area contributed by atoms with Gasteiger partial charge in [-0.05, 0) is 26.0 Å². The molecule has 0 N–H and O–H groups in total. The first-order chi connectivity index (χ1) is 8.00. The summed E-state index contributed by atoms with van der Waals surface area (Å²) >= 11 is 5.87. The molecular formula is C12H10ClFN2O. The highest BCUT2D eigenvalue weighted by Crippen LogP contribution is 2.22. The molecule has 0 radical (unpaired) electrons. The van der Waals surface area contributed by atoms with Crippen LogP contribution in [0.1, 0.15) is 23.0 Å². The van der Waals surface area contributed by atoms with E-state index in [1.807, 2.05) is 0 Å². The van der Waals surface area contributed by atoms with Crippen molar-refractivity contribution in [3.63, 3.8) is 0 Å². The molecule has 0 atom stereocenters. The number of halogens is 2. The van der Waals surface area contributed by atoms with Gasteiger partial charge in [-0.2, -0.15) is 5.10 Å². The van der Waals surface area contributed by atoms with Gasteiger partial charge in [0.05, 0.1) is 10.7 Å². The fourth-order valence-electron chi connectivity index (χ4n) is 1.59. The van der Waals surface area contributed by atoms with Gasteiger partial charge in [0.15, 0.2) is 5.78 Å². The van der Waals surface area contributed by atoms with Crippen LogP contribution in [0.2, 0.25) is 5.02 Å². The van der Waals surface area contributed by atoms with E-state index >= 15 is 0 Å². The fourth-order valence-corrected chi connectivity index (χ4v) is 1.72. The minimum atomic E-state index is -0.503. The summed E-state index contributed by atoms with van der Waals surface area (Å²) in [5, 5.41) is 4.51. The molecule has 1 aromatic heterocycles. The number of carbonyl (C=O) groups excluding carboxylic acids is 1. The molecule has 0 aliphatic rings. The van der Waals surface area contributed by atoms with Crippen molar-refractivity contribution in [2.45, 2.75) is 13.8 Å². The molecule has 2 rings (SSSR count). The lowest BCUT2D eigenvalue weighted by Gasteiger charge is -2.07. The number of benzene rings is 1. The van der Waals surface area contributed by atoms with Crippen LogP contribution < -0.4 is 0 Å². The van der Waals surface area contributed by atoms with Crippen molar-refractivity contribution in [3.8, 4) is 5.69 Å². The van der Waals surface area contributed by atoms with Crippen LogP contribution in [0.5, 0.6) is 0 Å². The Kier molecular flexibility index (Phi) is 2.98. The fraction of sp³-hybridized carbons (Fsp3) is 0.167. The minimum Gasteiger partial charge on any atom is -0.294 e. The molecule has 0 fully saturated rings. The third-order valence-electron chi connectivity index (χ3n) is 2.43. The molecule has 3 nitrogen and oxygen atoms in total. The number of nitrogens with zero attached hydrogens (tertiary/aromatic N) is 2. The summed E-state index contributed by atoms with van der Waals surface area (Å²) in [6, 6.07) is 4.34. The Labute approximate surface area is 103 Å². The van der Waals surface area contributed by atoms with Crippen molar-refractivity contribution in [2.24, 2.45) is 0 Å². The Morgan fingerprint density at radius 2 is 2.18 bits per heavy atom. The zero-order valence-corrected chi connectivity index (χ0v) is 10.1. The predicted molar refractivity (Wildman–Crippen MR) is 63.3 cm³/mol. The highest BCUT2D eigenvalue weighted by molar-refractivity contribution is 6.31. The molecule has 2 aromatic rings. The summed E-state index contributed by atoms with van der Waals surface area (Å²) in [7, 11) is 0. The summed E-state index contributed by atoms with van der Waals surface area (Å²) in [5.74, 6) is -0.722. The van der Waals surface area contributed by atoms with Gasteiger partial charge in [-0.15, -0.1) is 0 Å². The van der Waals surface area contributed by atoms with Crippen LogP contribution >= 0.6 is 11.6 Å². The first-order valence-electron chi connectivity index (χ1n) is 5.02. The summed E-state index contributed by atoms with van der Waals surface area (Å²) in [6.45, 7) is 3.10. The van der Waals surface area contributed by atoms with Crippen LogP contribution in [0.25, 0.3) is 5.69 Å². The lowest BCUT2D eigenvalue weighted by molar-refractivity contribution is 0.101. The maximum Gasteiger partial charge on any atom is 0.162 e. The Morgan fingerprint density at radius 3 is 2.71 bits per heavy atom. The van der Waals surface area contributed by atoms with Gasteiger partial charge in [0.25, 0.3) is 0 Å². The molecule has 0 aliphatic heterocycles. The van der Waals surface area contributed by atoms with Crippen molar-refractivity contribution in [2.75, 3.05) is 0 Å². The maximum atomic E-state index is 13.8. The lowest BCUT2D eigenvalue weighted by Crippen LogP contribution is -2.06. The van der Waals surface area contributed by atoms with Gasteiger partial charge in [0, 0.05) is 11.8 Å². The predicted octanol–water partition coefficient (Wildman–Crippen LogP) is 3.18. The second kappa shape index (κ2) is 4.30. The Balaban J connectivity index is 2.69. The van der Waals surface area contributed by atoms with E-state index in [2.05, 4.69) is 5.10 Å². The van der Waals surface area contributed by atoms with Crippen molar-refractivity contribution in [1.29, 1.82) is 0 Å². The van der Waals surface area contributed by atoms with Crippen LogP contribution in [0.4, 0.5) is 4.39 Å². The number of carbonyl (C=O) groups is 1. The van der Waals surface area contributed by atoms with Crippen LogP contribution in [-0.4, -0.2) is 15.6 Å². The Hall–Kier alpha value is -1.68. The number of para-hydroxylation sites is 1. The topological polar surface area (TPSA) is 34.9 Å². The van der Waals surface area contributed by atoms with Gasteiger partial charge in [0.1, 0.15) is 11.5 Å². The van der Waals surface area contributed by atoms with E-state index in [0.29, 0.717) is 10.7 Å². The van der Waals surface area contributed by atoms with E-state index in [-0.39, 0.29) is 17.0 Å². The average Bonchev–Trinajstić information content (AvgIpc) is 2.58. The van der Waals surface area contributed by atoms with E-state index in [9.17, 15) is 9.18 Å². The molecule has 0 amide bonds. The van der Waals surface area contributed by atoms with Crippen molar-refractivity contribution in [3.05, 3.63) is 46.5 Å². The molecule has 0 saturated carbocycles. The Morgan fingerprint density at radius 1 is 1.47 bits per heavy atom. The molecule has 1 heterocycles. The van der Waals surface area contributed by atoms with Crippen molar-refractivity contribution >= 4 is 17.4 Å². The average molecular weight is 253 g/mol. The highest BCUT2D eigenvalue weighted by Gasteiger charge is 2.15. The lowest BCUT2D eigenvalue weighted by atomic mass is 10.1. The number of ketones is 1. The molecule has 0 aliphatic carbocycles. The highest BCUT2D eigenvalue weighted by atomic mass is 35.5. The summed E-state index contributed by atoms with van der Waals surface area (Å²) in [4.78, 5) is 11.4. The number of aromatic nitrogens is 2. The van der Waals surface area contributed by atoms with E-state index in [1.54, 1.807) is 13.0 Å². The molecule has 0 unspecified atom stereocenters. The second-order valence-electron chi connectivity index (χ2n) is 3.70. The van der Waals surface area contributed by atoms with Gasteiger partial charge in [0.2, 0.25) is 0 Å². The van der Waals surface area contributed by atoms with Gasteiger partial charge < -0.3 is 0 Å². The van der Waals surface area contributed by atoms with Gasteiger partial charge in [-0.3, -0.25) is 4.79 Å². The van der Waals surface area contributed by atoms with E-state index in [4.69, 9.17) is 11.6 Å². The van der Waals surface area contributed by atoms with E-state index < -0.39 is 5.82 Å². The number of rotatable bonds is 2. The largest absolute Gasteiger partial charge is 0.294 e. The monoisotopic (exact) mass is 252 g/mol. The van der Waals surface area contributed by atoms with Gasteiger partial charge >= 0.3 is 0 Å². The second-order valence-corrected chi connectivity index (χ2v) is 4.11. The minimum absolute atomic E-state index is 0.134. The van der Waals surface area contributed by atoms with Crippen molar-refractivity contribution < 1.29 is 9.18 Å². The zero-order valence-electron chi connectivity index (χ0n) is 9.37. The van der Waals surface area contributed by atoms with Crippen LogP contribution in [0.3, 0.4) is 0 Å². The first kappa shape index (κ1) is 11.8. The zero-order chi connectivity index (χ0) is 12.6. The first-order valence-corrected chi connectivity index (χ1v) is 5.40. The van der Waals surface area contributed by atoms with E-state index in [1.165, 1.54) is 29.9 Å². The molecule has 5 heteroatoms. The quantitative estimate of drug-likeness (QED) is 0.770. The molecule has 0 saturated heterocycles. The third-order valence-corrected chi connectivity index (χ3v) is 2.81. The number of Topliss-reactive ketones (excluding diaryl/α,β-unsaturated/α-hetero) is 1. The summed E-state index contributed by atoms with van der Waals surface area (Å²) in [5.41, 5.74) is 1.00. The van der Waals surface area contributed by atoms with Crippen LogP contribution in [0, 0.1) is 12.7 Å². The standard InChI is InChI=1S/C12H10ClFN2O/c1-7-10(13)6-16(15-7)12-9(8(2)17)4-3-5-11(12)14/h3-6H,1-2H3. The normalized spacial score (nSPS) is 10.6. The molecule has 0 spiro atoms. The number of hydrogen-bond acceptors (Lipinski definition) is 2. The van der Waals surface area contributed by atoms with Crippen LogP contribution in [0.15, 0.2) is 24.4 Å². The molecule has 88 valence electrons. The summed E-state index contributed by atoms with van der Waals surface area (Å²) < 4.78 is 15.1. The number of aryl methyl sites for hydroxylation is 1. The van der Waals surface area contributed by atoms with Crippen molar-refractivity contribution in [1.82, 2.24) is 9.78 Å². The summed E-state index contributed by atoms with van der Waals surface area (Å²) in [6.07, 6.45) is 1.49. The number of hydrogen-bond donors (Lipinski definition) is 0. The maximum absolute atomic E-state index is 13.8. The van der Waals surface area contributed by atoms with Crippen LogP contribution in [-0.2, 0) is 0 Å². The SMILES string of the molecule is CC(=O)c1cccc(F)c1-n1cc(Cl)c(C)n1. The van der Waals surface area contributed by atoms with Gasteiger partial charge in [-0.25, -0.2) is 9.07 Å². The molecule has 17 heavy (non-hydrogen) atoms. The third kappa shape index (κ3) is 2.08. The van der Waals surface area contributed by atoms with E-state index in [0.717, 1.165) is 0 Å². The smallest absolute Gasteiger partial charge is 0.162 e. The molecule has 0 bridgehead atoms. The van der Waals surface area contributed by atoms with Gasteiger partial charge in [-0.1, -0.05) is 17.7 Å². The molecule has 1 aromatic carbocycles. The molecular weight excluding hydrogens is 243 g/mol.